The summed E-state index contributed by atoms with van der Waals surface area (Å²) >= 11 is 1.82. The van der Waals surface area contributed by atoms with Crippen molar-refractivity contribution >= 4 is 23.7 Å². The second kappa shape index (κ2) is 10.2. The van der Waals surface area contributed by atoms with Crippen LogP contribution in [-0.2, 0) is 11.3 Å². The van der Waals surface area contributed by atoms with Crippen LogP contribution in [0.3, 0.4) is 0 Å². The Morgan fingerprint density at radius 1 is 1.21 bits per heavy atom. The summed E-state index contributed by atoms with van der Waals surface area (Å²) in [5, 5.41) is 6.62. The van der Waals surface area contributed by atoms with Gasteiger partial charge in [-0.15, -0.1) is 0 Å². The van der Waals surface area contributed by atoms with Crippen molar-refractivity contribution < 1.29 is 9.53 Å². The largest absolute Gasteiger partial charge is 0.462 e. The summed E-state index contributed by atoms with van der Waals surface area (Å²) in [5.41, 5.74) is 1.61. The minimum Gasteiger partial charge on any atom is -0.462 e. The minimum atomic E-state index is -0.290. The summed E-state index contributed by atoms with van der Waals surface area (Å²) in [7, 11) is 0. The summed E-state index contributed by atoms with van der Waals surface area (Å²) in [5.74, 6) is 0.510. The number of hydrogen-bond donors (Lipinski definition) is 2. The second-order valence-corrected chi connectivity index (χ2v) is 7.44. The number of ether oxygens (including phenoxy) is 1. The number of carbonyl (C=O) groups is 1. The van der Waals surface area contributed by atoms with Crippen LogP contribution < -0.4 is 10.6 Å². The van der Waals surface area contributed by atoms with Crippen molar-refractivity contribution in [1.82, 2.24) is 10.6 Å². The number of esters is 1. The molecule has 24 heavy (non-hydrogen) atoms. The van der Waals surface area contributed by atoms with Gasteiger partial charge in [0, 0.05) is 17.8 Å². The van der Waals surface area contributed by atoms with E-state index in [0.717, 1.165) is 24.6 Å². The summed E-state index contributed by atoms with van der Waals surface area (Å²) in [6.07, 6.45) is 2.11. The van der Waals surface area contributed by atoms with Crippen LogP contribution in [0, 0.1) is 0 Å². The Balaban J connectivity index is 2.67. The molecule has 0 atom stereocenters. The van der Waals surface area contributed by atoms with Gasteiger partial charge in [-0.25, -0.2) is 9.79 Å². The van der Waals surface area contributed by atoms with Gasteiger partial charge >= 0.3 is 5.97 Å². The third-order valence-electron chi connectivity index (χ3n) is 3.46. The predicted octanol–water partition coefficient (Wildman–Crippen LogP) is 3.06. The molecule has 5 nitrogen and oxygen atoms in total. The number of thioether (sulfide) groups is 1. The van der Waals surface area contributed by atoms with E-state index in [0.29, 0.717) is 18.7 Å². The van der Waals surface area contributed by atoms with E-state index in [4.69, 9.17) is 4.74 Å². The molecule has 0 fully saturated rings. The number of nitrogens with zero attached hydrogens (tertiary/aromatic N) is 1. The van der Waals surface area contributed by atoms with E-state index < -0.39 is 0 Å². The summed E-state index contributed by atoms with van der Waals surface area (Å²) in [6.45, 7) is 10.8. The Morgan fingerprint density at radius 3 is 2.42 bits per heavy atom. The van der Waals surface area contributed by atoms with Crippen molar-refractivity contribution in [3.63, 3.8) is 0 Å². The van der Waals surface area contributed by atoms with Crippen LogP contribution >= 0.6 is 11.8 Å². The Labute approximate surface area is 149 Å². The maximum Gasteiger partial charge on any atom is 0.338 e. The molecular formula is C18H29N3O2S. The van der Waals surface area contributed by atoms with E-state index >= 15 is 0 Å². The van der Waals surface area contributed by atoms with Gasteiger partial charge in [-0.1, -0.05) is 12.1 Å². The lowest BCUT2D eigenvalue weighted by molar-refractivity contribution is 0.0526. The van der Waals surface area contributed by atoms with Gasteiger partial charge in [-0.05, 0) is 51.6 Å². The molecule has 1 aromatic rings. The lowest BCUT2D eigenvalue weighted by atomic mass is 10.1. The number of rotatable bonds is 8. The van der Waals surface area contributed by atoms with Crippen molar-refractivity contribution in [2.75, 3.05) is 26.0 Å². The molecule has 0 unspecified atom stereocenters. The van der Waals surface area contributed by atoms with Crippen LogP contribution in [0.4, 0.5) is 0 Å². The van der Waals surface area contributed by atoms with Crippen molar-refractivity contribution in [2.24, 2.45) is 4.99 Å². The van der Waals surface area contributed by atoms with Gasteiger partial charge in [-0.2, -0.15) is 11.8 Å². The van der Waals surface area contributed by atoms with E-state index in [1.54, 1.807) is 19.1 Å². The third-order valence-corrected chi connectivity index (χ3v) is 4.71. The average molecular weight is 352 g/mol. The molecule has 1 aromatic carbocycles. The van der Waals surface area contributed by atoms with Gasteiger partial charge in [-0.3, -0.25) is 0 Å². The predicted molar refractivity (Wildman–Crippen MR) is 103 cm³/mol. The van der Waals surface area contributed by atoms with Crippen LogP contribution in [0.15, 0.2) is 29.3 Å². The zero-order valence-electron chi connectivity index (χ0n) is 15.3. The molecule has 0 heterocycles. The highest BCUT2D eigenvalue weighted by atomic mass is 32.2. The molecule has 0 amide bonds. The quantitative estimate of drug-likeness (QED) is 0.428. The number of benzene rings is 1. The number of hydrogen-bond acceptors (Lipinski definition) is 4. The van der Waals surface area contributed by atoms with Gasteiger partial charge in [0.1, 0.15) is 0 Å². The van der Waals surface area contributed by atoms with Crippen molar-refractivity contribution in [3.8, 4) is 0 Å². The average Bonchev–Trinajstić information content (AvgIpc) is 2.58. The van der Waals surface area contributed by atoms with Crippen molar-refractivity contribution in [1.29, 1.82) is 0 Å². The minimum absolute atomic E-state index is 0.150. The van der Waals surface area contributed by atoms with Crippen molar-refractivity contribution in [2.45, 2.75) is 39.0 Å². The molecule has 2 N–H and O–H groups in total. The molecule has 0 saturated heterocycles. The van der Waals surface area contributed by atoms with Gasteiger partial charge in [0.2, 0.25) is 0 Å². The fourth-order valence-electron chi connectivity index (χ4n) is 1.84. The maximum atomic E-state index is 11.6. The Morgan fingerprint density at radius 2 is 1.88 bits per heavy atom. The van der Waals surface area contributed by atoms with Gasteiger partial charge < -0.3 is 15.4 Å². The Bertz CT molecular complexity index is 542. The first-order chi connectivity index (χ1) is 11.4. The van der Waals surface area contributed by atoms with E-state index in [1.807, 2.05) is 30.8 Å². The number of carbonyl (C=O) groups excluding carboxylic acids is 1. The summed E-state index contributed by atoms with van der Waals surface area (Å²) in [6, 6.07) is 7.37. The van der Waals surface area contributed by atoms with E-state index in [-0.39, 0.29) is 10.7 Å². The number of nitrogens with one attached hydrogen (secondary N) is 2. The summed E-state index contributed by atoms with van der Waals surface area (Å²) < 4.78 is 5.13. The maximum absolute atomic E-state index is 11.6. The SMILES string of the molecule is CCNC(=NCc1ccc(C(=O)OCC)cc1)NCC(C)(C)SC. The molecule has 134 valence electrons. The van der Waals surface area contributed by atoms with E-state index in [9.17, 15) is 4.79 Å². The Hall–Kier alpha value is -1.69. The Kier molecular flexibility index (Phi) is 8.68. The molecule has 0 bridgehead atoms. The topological polar surface area (TPSA) is 62.7 Å². The molecular weight excluding hydrogens is 322 g/mol. The fraction of sp³-hybridized carbons (Fsp3) is 0.556. The number of guanidine groups is 1. The third kappa shape index (κ3) is 7.25. The molecule has 0 aliphatic rings. The highest BCUT2D eigenvalue weighted by Crippen LogP contribution is 2.19. The van der Waals surface area contributed by atoms with Crippen molar-refractivity contribution in [3.05, 3.63) is 35.4 Å². The smallest absolute Gasteiger partial charge is 0.338 e. The molecule has 0 aliphatic heterocycles. The van der Waals surface area contributed by atoms with Gasteiger partial charge in [0.25, 0.3) is 0 Å². The molecule has 0 radical (unpaired) electrons. The first kappa shape index (κ1) is 20.4. The zero-order valence-corrected chi connectivity index (χ0v) is 16.1. The molecule has 0 aliphatic carbocycles. The first-order valence-electron chi connectivity index (χ1n) is 8.25. The molecule has 0 aromatic heterocycles. The molecule has 0 saturated carbocycles. The highest BCUT2D eigenvalue weighted by Gasteiger charge is 2.16. The molecule has 1 rings (SSSR count). The normalized spacial score (nSPS) is 12.0. The van der Waals surface area contributed by atoms with Gasteiger partial charge in [0.05, 0.1) is 18.7 Å². The lowest BCUT2D eigenvalue weighted by Crippen LogP contribution is -2.43. The van der Waals surface area contributed by atoms with Crippen LogP contribution in [-0.4, -0.2) is 42.6 Å². The molecule has 0 spiro atoms. The monoisotopic (exact) mass is 351 g/mol. The van der Waals surface area contributed by atoms with E-state index in [1.165, 1.54) is 0 Å². The number of aliphatic imine (C=N–C) groups is 1. The summed E-state index contributed by atoms with van der Waals surface area (Å²) in [4.78, 5) is 16.2. The zero-order chi connectivity index (χ0) is 18.0. The van der Waals surface area contributed by atoms with Crippen LogP contribution in [0.25, 0.3) is 0 Å². The van der Waals surface area contributed by atoms with Gasteiger partial charge in [0.15, 0.2) is 5.96 Å². The van der Waals surface area contributed by atoms with Crippen LogP contribution in [0.2, 0.25) is 0 Å². The second-order valence-electron chi connectivity index (χ2n) is 5.93. The fourth-order valence-corrected chi connectivity index (χ4v) is 2.06. The highest BCUT2D eigenvalue weighted by molar-refractivity contribution is 7.99. The lowest BCUT2D eigenvalue weighted by Gasteiger charge is -2.23. The van der Waals surface area contributed by atoms with Crippen LogP contribution in [0.5, 0.6) is 0 Å². The standard InChI is InChI=1S/C18H29N3O2S/c1-6-19-17(21-13-18(3,4)24-5)20-12-14-8-10-15(11-9-14)16(22)23-7-2/h8-11H,6-7,12-13H2,1-5H3,(H2,19,20,21). The molecule has 6 heteroatoms. The van der Waals surface area contributed by atoms with Crippen LogP contribution in [0.1, 0.15) is 43.6 Å². The van der Waals surface area contributed by atoms with E-state index in [2.05, 4.69) is 35.7 Å². The first-order valence-corrected chi connectivity index (χ1v) is 9.47.